The second kappa shape index (κ2) is 7.41. The van der Waals surface area contributed by atoms with Crippen molar-refractivity contribution in [1.29, 1.82) is 0 Å². The Morgan fingerprint density at radius 1 is 1.29 bits per heavy atom. The highest BCUT2D eigenvalue weighted by Crippen LogP contribution is 2.12. The molecule has 2 nitrogen and oxygen atoms in total. The zero-order valence-corrected chi connectivity index (χ0v) is 10.9. The Kier molecular flexibility index (Phi) is 6.16. The molecule has 0 amide bonds. The zero-order valence-electron chi connectivity index (χ0n) is 10.9. The van der Waals surface area contributed by atoms with Crippen LogP contribution in [-0.2, 0) is 11.2 Å². The zero-order chi connectivity index (χ0) is 12.7. The molecule has 0 fully saturated rings. The molecule has 1 N–H and O–H groups in total. The van der Waals surface area contributed by atoms with Gasteiger partial charge in [-0.15, -0.1) is 0 Å². The fraction of sp³-hybridized carbons (Fsp3) is 0.571. The van der Waals surface area contributed by atoms with Crippen molar-refractivity contribution in [2.24, 2.45) is 0 Å². The van der Waals surface area contributed by atoms with E-state index >= 15 is 0 Å². The predicted molar refractivity (Wildman–Crippen MR) is 68.7 cm³/mol. The third-order valence-electron chi connectivity index (χ3n) is 3.06. The quantitative estimate of drug-likeness (QED) is 0.790. The van der Waals surface area contributed by atoms with E-state index in [-0.39, 0.29) is 18.0 Å². The van der Waals surface area contributed by atoms with Gasteiger partial charge in [0, 0.05) is 13.2 Å². The van der Waals surface area contributed by atoms with E-state index in [1.54, 1.807) is 7.11 Å². The first-order chi connectivity index (χ1) is 8.21. The van der Waals surface area contributed by atoms with E-state index < -0.39 is 0 Å². The van der Waals surface area contributed by atoms with Crippen LogP contribution in [0.25, 0.3) is 0 Å². The standard InChI is InChI=1S/C14H22FNO/c1-4-5-14(17-3)13(16-2)10-11-6-8-12(15)9-7-11/h6-9,13-14,16H,4-5,10H2,1-3H3. The number of rotatable bonds is 7. The maximum Gasteiger partial charge on any atom is 0.123 e. The average molecular weight is 239 g/mol. The van der Waals surface area contributed by atoms with Gasteiger partial charge in [0.25, 0.3) is 0 Å². The monoisotopic (exact) mass is 239 g/mol. The molecule has 3 heteroatoms. The second-order valence-electron chi connectivity index (χ2n) is 4.29. The van der Waals surface area contributed by atoms with Crippen molar-refractivity contribution in [2.45, 2.75) is 38.3 Å². The Bertz CT molecular complexity index is 313. The molecule has 0 bridgehead atoms. The number of hydrogen-bond donors (Lipinski definition) is 1. The number of halogens is 1. The van der Waals surface area contributed by atoms with Crippen LogP contribution < -0.4 is 5.32 Å². The molecule has 0 aliphatic carbocycles. The molecule has 0 saturated heterocycles. The normalized spacial score (nSPS) is 14.6. The van der Waals surface area contributed by atoms with Crippen molar-refractivity contribution < 1.29 is 9.13 Å². The summed E-state index contributed by atoms with van der Waals surface area (Å²) in [6.07, 6.45) is 3.19. The molecule has 1 rings (SSSR count). The summed E-state index contributed by atoms with van der Waals surface area (Å²) in [4.78, 5) is 0. The topological polar surface area (TPSA) is 21.3 Å². The van der Waals surface area contributed by atoms with Gasteiger partial charge in [0.2, 0.25) is 0 Å². The fourth-order valence-electron chi connectivity index (χ4n) is 2.06. The van der Waals surface area contributed by atoms with Crippen molar-refractivity contribution in [1.82, 2.24) is 5.32 Å². The molecule has 1 aromatic rings. The Morgan fingerprint density at radius 2 is 1.94 bits per heavy atom. The van der Waals surface area contributed by atoms with Gasteiger partial charge in [0.1, 0.15) is 5.82 Å². The fourth-order valence-corrected chi connectivity index (χ4v) is 2.06. The van der Waals surface area contributed by atoms with E-state index in [1.165, 1.54) is 12.1 Å². The summed E-state index contributed by atoms with van der Waals surface area (Å²) in [7, 11) is 3.69. The Morgan fingerprint density at radius 3 is 2.41 bits per heavy atom. The van der Waals surface area contributed by atoms with Crippen LogP contribution in [0.5, 0.6) is 0 Å². The van der Waals surface area contributed by atoms with Crippen LogP contribution in [0.1, 0.15) is 25.3 Å². The molecule has 1 aromatic carbocycles. The van der Waals surface area contributed by atoms with Crippen LogP contribution in [0, 0.1) is 5.82 Å². The van der Waals surface area contributed by atoms with Gasteiger partial charge in [-0.05, 0) is 37.6 Å². The highest BCUT2D eigenvalue weighted by molar-refractivity contribution is 5.17. The lowest BCUT2D eigenvalue weighted by Gasteiger charge is -2.25. The third-order valence-corrected chi connectivity index (χ3v) is 3.06. The molecule has 2 atom stereocenters. The van der Waals surface area contributed by atoms with E-state index in [1.807, 2.05) is 19.2 Å². The van der Waals surface area contributed by atoms with E-state index in [0.29, 0.717) is 0 Å². The summed E-state index contributed by atoms with van der Waals surface area (Å²) in [5.41, 5.74) is 1.13. The largest absolute Gasteiger partial charge is 0.380 e. The number of methoxy groups -OCH3 is 1. The summed E-state index contributed by atoms with van der Waals surface area (Å²) >= 11 is 0. The summed E-state index contributed by atoms with van der Waals surface area (Å²) in [6, 6.07) is 6.94. The minimum Gasteiger partial charge on any atom is -0.380 e. The molecular formula is C14H22FNO. The minimum absolute atomic E-state index is 0.188. The van der Waals surface area contributed by atoms with Crippen molar-refractivity contribution in [3.63, 3.8) is 0 Å². The van der Waals surface area contributed by atoms with Gasteiger partial charge in [-0.1, -0.05) is 25.5 Å². The van der Waals surface area contributed by atoms with Crippen molar-refractivity contribution >= 4 is 0 Å². The maximum absolute atomic E-state index is 12.8. The molecule has 96 valence electrons. The van der Waals surface area contributed by atoms with E-state index in [0.717, 1.165) is 24.8 Å². The maximum atomic E-state index is 12.8. The summed E-state index contributed by atoms with van der Waals surface area (Å²) < 4.78 is 18.3. The van der Waals surface area contributed by atoms with E-state index in [9.17, 15) is 4.39 Å². The third kappa shape index (κ3) is 4.44. The first kappa shape index (κ1) is 14.1. The SMILES string of the molecule is CCCC(OC)C(Cc1ccc(F)cc1)NC. The molecule has 17 heavy (non-hydrogen) atoms. The van der Waals surface area contributed by atoms with Crippen molar-refractivity contribution in [3.8, 4) is 0 Å². The molecule has 0 aromatic heterocycles. The summed E-state index contributed by atoms with van der Waals surface area (Å²) in [5, 5.41) is 3.28. The van der Waals surface area contributed by atoms with Gasteiger partial charge in [-0.2, -0.15) is 0 Å². The van der Waals surface area contributed by atoms with Crippen LogP contribution in [0.3, 0.4) is 0 Å². The van der Waals surface area contributed by atoms with Crippen LogP contribution in [0.15, 0.2) is 24.3 Å². The minimum atomic E-state index is -0.188. The lowest BCUT2D eigenvalue weighted by molar-refractivity contribution is 0.0633. The number of ether oxygens (including phenoxy) is 1. The molecule has 0 aliphatic rings. The summed E-state index contributed by atoms with van der Waals surface area (Å²) in [6.45, 7) is 2.15. The highest BCUT2D eigenvalue weighted by atomic mass is 19.1. The molecule has 0 aliphatic heterocycles. The van der Waals surface area contributed by atoms with Gasteiger partial charge in [-0.25, -0.2) is 4.39 Å². The van der Waals surface area contributed by atoms with Gasteiger partial charge in [-0.3, -0.25) is 0 Å². The Hall–Kier alpha value is -0.930. The van der Waals surface area contributed by atoms with Crippen LogP contribution in [-0.4, -0.2) is 26.3 Å². The number of benzene rings is 1. The number of likely N-dealkylation sites (N-methyl/N-ethyl adjacent to an activating group) is 1. The number of nitrogens with one attached hydrogen (secondary N) is 1. The lowest BCUT2D eigenvalue weighted by Crippen LogP contribution is -2.40. The van der Waals surface area contributed by atoms with Crippen molar-refractivity contribution in [2.75, 3.05) is 14.2 Å². The van der Waals surface area contributed by atoms with Crippen LogP contribution in [0.2, 0.25) is 0 Å². The molecular weight excluding hydrogens is 217 g/mol. The van der Waals surface area contributed by atoms with Gasteiger partial charge >= 0.3 is 0 Å². The van der Waals surface area contributed by atoms with Crippen LogP contribution >= 0.6 is 0 Å². The van der Waals surface area contributed by atoms with Gasteiger partial charge in [0.15, 0.2) is 0 Å². The van der Waals surface area contributed by atoms with Crippen molar-refractivity contribution in [3.05, 3.63) is 35.6 Å². The first-order valence-corrected chi connectivity index (χ1v) is 6.15. The molecule has 0 radical (unpaired) electrons. The van der Waals surface area contributed by atoms with Gasteiger partial charge < -0.3 is 10.1 Å². The smallest absolute Gasteiger partial charge is 0.123 e. The lowest BCUT2D eigenvalue weighted by atomic mass is 9.98. The van der Waals surface area contributed by atoms with Crippen LogP contribution in [0.4, 0.5) is 4.39 Å². The molecule has 0 heterocycles. The predicted octanol–water partition coefficient (Wildman–Crippen LogP) is 2.77. The van der Waals surface area contributed by atoms with E-state index in [4.69, 9.17) is 4.74 Å². The molecule has 0 spiro atoms. The first-order valence-electron chi connectivity index (χ1n) is 6.15. The molecule has 2 unspecified atom stereocenters. The molecule has 0 saturated carbocycles. The Labute approximate surface area is 103 Å². The Balaban J connectivity index is 2.64. The van der Waals surface area contributed by atoms with Gasteiger partial charge in [0.05, 0.1) is 6.10 Å². The highest BCUT2D eigenvalue weighted by Gasteiger charge is 2.18. The number of hydrogen-bond acceptors (Lipinski definition) is 2. The second-order valence-corrected chi connectivity index (χ2v) is 4.29. The summed E-state index contributed by atoms with van der Waals surface area (Å²) in [5.74, 6) is -0.188. The van der Waals surface area contributed by atoms with E-state index in [2.05, 4.69) is 12.2 Å². The average Bonchev–Trinajstić information content (AvgIpc) is 2.36.